The molecule has 0 aromatic heterocycles. The number of ether oxygens (including phenoxy) is 6. The van der Waals surface area contributed by atoms with E-state index in [1.165, 1.54) is 41.5 Å². The third-order valence-electron chi connectivity index (χ3n) is 4.37. The van der Waals surface area contributed by atoms with E-state index in [1.54, 1.807) is 125 Å². The van der Waals surface area contributed by atoms with Crippen molar-refractivity contribution in [1.29, 1.82) is 0 Å². The van der Waals surface area contributed by atoms with Crippen LogP contribution in [0.15, 0.2) is 71.0 Å². The van der Waals surface area contributed by atoms with E-state index in [2.05, 4.69) is 0 Å². The molecule has 0 aliphatic carbocycles. The first-order chi connectivity index (χ1) is 28.9. The zero-order valence-corrected chi connectivity index (χ0v) is 47.7. The first-order valence-electron chi connectivity index (χ1n) is 20.4. The molecule has 0 saturated heterocycles. The molecule has 0 fully saturated rings. The molecule has 0 rings (SSSR count). The SMILES string of the molecule is C/C([O-])=C/C(=O)OC(C)(C)C.C/C([O-])=C/C(=O)OC(C)(C)C.C/C([O-])=C/C(=O)OC(C)(C)C.C/C([O-])=C/C(=O)OC(C)(C)C.C/C([O-])=C/C(=O)OC(C)(C)C.C/C([O-])=C/C(=O)OC(C)(C)C.[Ni+2].[Ni+2].[Ni+2]. The van der Waals surface area contributed by atoms with E-state index in [1.807, 2.05) is 0 Å². The van der Waals surface area contributed by atoms with E-state index < -0.39 is 69.4 Å². The van der Waals surface area contributed by atoms with Crippen molar-refractivity contribution < 1.29 is 137 Å². The summed E-state index contributed by atoms with van der Waals surface area (Å²) in [5, 5.41) is 62.3. The van der Waals surface area contributed by atoms with Crippen LogP contribution in [-0.4, -0.2) is 69.4 Å². The van der Waals surface area contributed by atoms with Gasteiger partial charge in [-0.3, -0.25) is 0 Å². The molecule has 69 heavy (non-hydrogen) atoms. The summed E-state index contributed by atoms with van der Waals surface area (Å²) in [5.41, 5.74) is -3.15. The number of rotatable bonds is 6. The van der Waals surface area contributed by atoms with Crippen LogP contribution in [-0.2, 0) is 107 Å². The minimum atomic E-state index is -0.579. The van der Waals surface area contributed by atoms with Gasteiger partial charge in [-0.25, -0.2) is 28.8 Å². The summed E-state index contributed by atoms with van der Waals surface area (Å²) in [6.07, 6.45) is 5.61. The minimum absolute atomic E-state index is 0. The van der Waals surface area contributed by atoms with E-state index >= 15 is 0 Å². The third kappa shape index (κ3) is 98.1. The number of allylic oxidation sites excluding steroid dienone is 6. The van der Waals surface area contributed by atoms with Crippen molar-refractivity contribution in [1.82, 2.24) is 0 Å². The second-order valence-electron chi connectivity index (χ2n) is 19.7. The smallest absolute Gasteiger partial charge is 0.875 e. The van der Waals surface area contributed by atoms with E-state index in [0.717, 1.165) is 36.5 Å². The summed E-state index contributed by atoms with van der Waals surface area (Å²) in [4.78, 5) is 64.6. The topological polar surface area (TPSA) is 296 Å². The van der Waals surface area contributed by atoms with Gasteiger partial charge < -0.3 is 59.1 Å². The second-order valence-corrected chi connectivity index (χ2v) is 19.7. The average Bonchev–Trinajstić information content (AvgIpc) is 2.90. The van der Waals surface area contributed by atoms with Gasteiger partial charge in [-0.05, 0) is 125 Å². The van der Waals surface area contributed by atoms with Gasteiger partial charge in [0.15, 0.2) is 0 Å². The van der Waals surface area contributed by atoms with Gasteiger partial charge in [0.25, 0.3) is 0 Å². The third-order valence-corrected chi connectivity index (χ3v) is 4.37. The van der Waals surface area contributed by atoms with Crippen LogP contribution < -0.4 is 30.6 Å². The van der Waals surface area contributed by atoms with Gasteiger partial charge in [0.1, 0.15) is 33.6 Å². The molecule has 0 atom stereocenters. The van der Waals surface area contributed by atoms with Gasteiger partial charge in [0.2, 0.25) is 0 Å². The molecule has 0 N–H and O–H groups in total. The van der Waals surface area contributed by atoms with Crippen LogP contribution in [0.5, 0.6) is 0 Å². The minimum Gasteiger partial charge on any atom is -0.875 e. The van der Waals surface area contributed by atoms with Crippen LogP contribution in [0.25, 0.3) is 0 Å². The van der Waals surface area contributed by atoms with Crippen LogP contribution in [0, 0.1) is 0 Å². The van der Waals surface area contributed by atoms with Crippen molar-refractivity contribution in [2.24, 2.45) is 0 Å². The number of carbonyl (C=O) groups excluding carboxylic acids is 6. The van der Waals surface area contributed by atoms with Crippen molar-refractivity contribution in [3.05, 3.63) is 71.0 Å². The molecule has 0 radical (unpaired) electrons. The van der Waals surface area contributed by atoms with Crippen molar-refractivity contribution >= 4 is 35.8 Å². The Morgan fingerprint density at radius 3 is 0.362 bits per heavy atom. The van der Waals surface area contributed by atoms with Gasteiger partial charge in [-0.1, -0.05) is 41.5 Å². The molecule has 0 aromatic carbocycles. The molecule has 0 heterocycles. The van der Waals surface area contributed by atoms with Crippen LogP contribution in [0.4, 0.5) is 0 Å². The summed E-state index contributed by atoms with van der Waals surface area (Å²) in [6.45, 7) is 39.3. The van der Waals surface area contributed by atoms with Crippen molar-refractivity contribution in [3.63, 3.8) is 0 Å². The standard InChI is InChI=1S/6C8H14O3.3Ni/c6*1-6(9)5-7(10)11-8(2,3)4;;;/h6*5,9H,1-4H3;;;/q;;;;;;3*+2/p-6/b6*6-5-;;;. The van der Waals surface area contributed by atoms with E-state index in [4.69, 9.17) is 28.4 Å². The maximum Gasteiger partial charge on any atom is 2.00 e. The summed E-state index contributed by atoms with van der Waals surface area (Å²) in [5.74, 6) is -5.23. The summed E-state index contributed by atoms with van der Waals surface area (Å²) in [6, 6.07) is 0. The summed E-state index contributed by atoms with van der Waals surface area (Å²) in [7, 11) is 0. The fourth-order valence-corrected chi connectivity index (χ4v) is 2.98. The first-order valence-corrected chi connectivity index (χ1v) is 20.4. The maximum absolute atomic E-state index is 10.8. The van der Waals surface area contributed by atoms with Gasteiger partial charge in [0, 0.05) is 36.5 Å². The number of hydrogen-bond donors (Lipinski definition) is 0. The van der Waals surface area contributed by atoms with E-state index in [9.17, 15) is 59.4 Å². The van der Waals surface area contributed by atoms with Gasteiger partial charge >= 0.3 is 85.3 Å². The molecular weight excluding hydrogens is 1040 g/mol. The molecule has 0 aliphatic heterocycles. The summed E-state index contributed by atoms with van der Waals surface area (Å²) < 4.78 is 29.0. The molecule has 0 aliphatic rings. The van der Waals surface area contributed by atoms with Crippen LogP contribution in [0.3, 0.4) is 0 Å². The zero-order chi connectivity index (χ0) is 54.4. The quantitative estimate of drug-likeness (QED) is 0.121. The van der Waals surface area contributed by atoms with Crippen LogP contribution in [0.2, 0.25) is 0 Å². The Labute approximate surface area is 441 Å². The Morgan fingerprint density at radius 2 is 0.319 bits per heavy atom. The van der Waals surface area contributed by atoms with Crippen molar-refractivity contribution in [3.8, 4) is 0 Å². The average molecular weight is 1120 g/mol. The first kappa shape index (κ1) is 84.5. The molecule has 0 spiro atoms. The molecule has 0 bridgehead atoms. The number of esters is 6. The predicted molar refractivity (Wildman–Crippen MR) is 238 cm³/mol. The Balaban J connectivity index is -0.0000000887. The predicted octanol–water partition coefficient (Wildman–Crippen LogP) is 3.55. The van der Waals surface area contributed by atoms with Crippen molar-refractivity contribution in [2.45, 2.75) is 200 Å². The molecule has 0 aromatic rings. The fourth-order valence-electron chi connectivity index (χ4n) is 2.98. The summed E-state index contributed by atoms with van der Waals surface area (Å²) >= 11 is 0. The maximum atomic E-state index is 10.8. The van der Waals surface area contributed by atoms with Gasteiger partial charge in [-0.2, -0.15) is 0 Å². The molecule has 0 unspecified atom stereocenters. The monoisotopic (exact) mass is 1120 g/mol. The molecule has 0 saturated carbocycles. The van der Waals surface area contributed by atoms with E-state index in [0.29, 0.717) is 0 Å². The molecule has 0 amide bonds. The number of hydrogen-bond acceptors (Lipinski definition) is 18. The van der Waals surface area contributed by atoms with Crippen LogP contribution in [0.1, 0.15) is 166 Å². The van der Waals surface area contributed by atoms with Gasteiger partial charge in [-0.15, -0.1) is 34.6 Å². The largest absolute Gasteiger partial charge is 2.00 e. The fraction of sp³-hybridized carbons (Fsp3) is 0.625. The zero-order valence-electron chi connectivity index (χ0n) is 44.8. The Hall–Kier alpha value is -4.46. The second kappa shape index (κ2) is 39.3. The van der Waals surface area contributed by atoms with Crippen molar-refractivity contribution in [2.75, 3.05) is 0 Å². The Bertz CT molecular complexity index is 1370. The van der Waals surface area contributed by atoms with Gasteiger partial charge in [0.05, 0.1) is 0 Å². The van der Waals surface area contributed by atoms with E-state index in [-0.39, 0.29) is 84.0 Å². The molecule has 408 valence electrons. The van der Waals surface area contributed by atoms with Crippen LogP contribution >= 0.6 is 0 Å². The molecule has 18 nitrogen and oxygen atoms in total. The number of carbonyl (C=O) groups is 6. The Kier molecular flexibility index (Phi) is 48.1. The molecular formula is C48H78Ni3O18. The normalized spacial score (nSPS) is 12.3. The molecule has 21 heteroatoms. The Morgan fingerprint density at radius 1 is 0.246 bits per heavy atom.